The molecule has 2 heterocycles. The van der Waals surface area contributed by atoms with Crippen LogP contribution < -0.4 is 9.47 Å². The molecule has 2 aromatic rings. The van der Waals surface area contributed by atoms with E-state index < -0.39 is 0 Å². The van der Waals surface area contributed by atoms with Crippen LogP contribution in [0.3, 0.4) is 0 Å². The lowest BCUT2D eigenvalue weighted by Crippen LogP contribution is -2.07. The maximum atomic E-state index is 5.68. The number of ether oxygens (including phenoxy) is 2. The molecule has 0 saturated carbocycles. The van der Waals surface area contributed by atoms with Gasteiger partial charge in [0.1, 0.15) is 13.2 Å². The molecule has 1 aliphatic rings. The second kappa shape index (κ2) is 3.59. The predicted octanol–water partition coefficient (Wildman–Crippen LogP) is 3.22. The summed E-state index contributed by atoms with van der Waals surface area (Å²) in [5.74, 6) is 1.71. The third-order valence-electron chi connectivity index (χ3n) is 2.48. The van der Waals surface area contributed by atoms with E-state index in [1.807, 2.05) is 22.9 Å². The maximum absolute atomic E-state index is 5.68. The number of rotatable bonds is 0. The van der Waals surface area contributed by atoms with Crippen molar-refractivity contribution in [2.45, 2.75) is 13.2 Å². The van der Waals surface area contributed by atoms with E-state index in [2.05, 4.69) is 12.1 Å². The minimum absolute atomic E-state index is 0.628. The van der Waals surface area contributed by atoms with Crippen molar-refractivity contribution in [2.24, 2.45) is 0 Å². The summed E-state index contributed by atoms with van der Waals surface area (Å²) in [5.41, 5.74) is 2.41. The fourth-order valence-corrected chi connectivity index (χ4v) is 2.32. The summed E-state index contributed by atoms with van der Waals surface area (Å²) >= 11 is 1.60. The van der Waals surface area contributed by atoms with Crippen molar-refractivity contribution in [1.82, 2.24) is 0 Å². The Balaban J connectivity index is 1.96. The van der Waals surface area contributed by atoms with E-state index in [4.69, 9.17) is 9.47 Å². The van der Waals surface area contributed by atoms with E-state index >= 15 is 0 Å². The zero-order chi connectivity index (χ0) is 10.1. The molecule has 0 aliphatic carbocycles. The first-order valence-electron chi connectivity index (χ1n) is 4.82. The van der Waals surface area contributed by atoms with E-state index in [0.29, 0.717) is 13.2 Å². The molecule has 0 N–H and O–H groups in total. The molecule has 1 aliphatic heterocycles. The average Bonchev–Trinajstić information content (AvgIpc) is 2.68. The summed E-state index contributed by atoms with van der Waals surface area (Å²) in [7, 11) is 0. The Bertz CT molecular complexity index is 434. The third kappa shape index (κ3) is 1.59. The highest BCUT2D eigenvalue weighted by molar-refractivity contribution is 7.08. The molecular weight excluding hydrogens is 208 g/mol. The number of benzene rings is 1. The molecule has 1 aromatic heterocycles. The van der Waals surface area contributed by atoms with Crippen LogP contribution in [-0.2, 0) is 13.2 Å². The molecule has 0 amide bonds. The lowest BCUT2D eigenvalue weighted by atomic mass is 10.1. The molecule has 15 heavy (non-hydrogen) atoms. The SMILES string of the molecule is c1ccc2c(c1)COc1cscc1OC2. The largest absolute Gasteiger partial charge is 0.484 e. The van der Waals surface area contributed by atoms with Crippen molar-refractivity contribution in [2.75, 3.05) is 0 Å². The number of hydrogen-bond donors (Lipinski definition) is 0. The summed E-state index contributed by atoms with van der Waals surface area (Å²) in [4.78, 5) is 0. The second-order valence-electron chi connectivity index (χ2n) is 3.45. The third-order valence-corrected chi connectivity index (χ3v) is 3.18. The van der Waals surface area contributed by atoms with E-state index in [1.165, 1.54) is 11.1 Å². The second-order valence-corrected chi connectivity index (χ2v) is 4.19. The van der Waals surface area contributed by atoms with Crippen LogP contribution in [0, 0.1) is 0 Å². The Hall–Kier alpha value is -1.48. The Labute approximate surface area is 92.1 Å². The summed E-state index contributed by atoms with van der Waals surface area (Å²) < 4.78 is 11.4. The maximum Gasteiger partial charge on any atom is 0.172 e. The first-order chi connectivity index (χ1) is 7.43. The van der Waals surface area contributed by atoms with Gasteiger partial charge >= 0.3 is 0 Å². The molecule has 0 unspecified atom stereocenters. The van der Waals surface area contributed by atoms with Crippen LogP contribution in [0.15, 0.2) is 35.0 Å². The van der Waals surface area contributed by atoms with E-state index in [9.17, 15) is 0 Å². The fourth-order valence-electron chi connectivity index (χ4n) is 1.63. The average molecular weight is 218 g/mol. The Morgan fingerprint density at radius 1 is 0.867 bits per heavy atom. The van der Waals surface area contributed by atoms with Gasteiger partial charge in [-0.1, -0.05) is 24.3 Å². The van der Waals surface area contributed by atoms with Crippen molar-refractivity contribution < 1.29 is 9.47 Å². The number of thiophene rings is 1. The first kappa shape index (κ1) is 8.80. The van der Waals surface area contributed by atoms with E-state index in [-0.39, 0.29) is 0 Å². The molecule has 3 rings (SSSR count). The van der Waals surface area contributed by atoms with Crippen molar-refractivity contribution in [3.8, 4) is 11.5 Å². The molecule has 0 bridgehead atoms. The minimum Gasteiger partial charge on any atom is -0.484 e. The van der Waals surface area contributed by atoms with Crippen LogP contribution in [-0.4, -0.2) is 0 Å². The monoisotopic (exact) mass is 218 g/mol. The van der Waals surface area contributed by atoms with Gasteiger partial charge in [0, 0.05) is 10.8 Å². The van der Waals surface area contributed by atoms with Gasteiger partial charge in [-0.15, -0.1) is 11.3 Å². The van der Waals surface area contributed by atoms with Gasteiger partial charge < -0.3 is 9.47 Å². The first-order valence-corrected chi connectivity index (χ1v) is 5.76. The summed E-state index contributed by atoms with van der Waals surface area (Å²) in [6.07, 6.45) is 0. The van der Waals surface area contributed by atoms with Gasteiger partial charge in [-0.05, 0) is 11.1 Å². The zero-order valence-electron chi connectivity index (χ0n) is 8.10. The smallest absolute Gasteiger partial charge is 0.172 e. The molecule has 0 saturated heterocycles. The molecule has 1 aromatic carbocycles. The van der Waals surface area contributed by atoms with Gasteiger partial charge in [-0.2, -0.15) is 0 Å². The fraction of sp³-hybridized carbons (Fsp3) is 0.167. The van der Waals surface area contributed by atoms with Crippen LogP contribution in [0.25, 0.3) is 0 Å². The van der Waals surface area contributed by atoms with E-state index in [0.717, 1.165) is 11.5 Å². The van der Waals surface area contributed by atoms with Crippen LogP contribution in [0.4, 0.5) is 0 Å². The highest BCUT2D eigenvalue weighted by Gasteiger charge is 2.12. The van der Waals surface area contributed by atoms with Gasteiger partial charge in [0.15, 0.2) is 11.5 Å². The minimum atomic E-state index is 0.628. The molecule has 0 radical (unpaired) electrons. The van der Waals surface area contributed by atoms with Crippen LogP contribution >= 0.6 is 11.3 Å². The highest BCUT2D eigenvalue weighted by Crippen LogP contribution is 2.34. The molecule has 0 fully saturated rings. The van der Waals surface area contributed by atoms with Crippen molar-refractivity contribution in [3.63, 3.8) is 0 Å². The highest BCUT2D eigenvalue weighted by atomic mass is 32.1. The van der Waals surface area contributed by atoms with Crippen molar-refractivity contribution in [3.05, 3.63) is 46.2 Å². The summed E-state index contributed by atoms with van der Waals surface area (Å²) in [5, 5.41) is 3.95. The predicted molar refractivity (Wildman–Crippen MR) is 59.4 cm³/mol. The lowest BCUT2D eigenvalue weighted by molar-refractivity contribution is 0.239. The van der Waals surface area contributed by atoms with Crippen molar-refractivity contribution in [1.29, 1.82) is 0 Å². The Morgan fingerprint density at radius 2 is 1.40 bits per heavy atom. The molecule has 0 spiro atoms. The lowest BCUT2D eigenvalue weighted by Gasteiger charge is -2.16. The van der Waals surface area contributed by atoms with Crippen LogP contribution in [0.2, 0.25) is 0 Å². The normalized spacial score (nSPS) is 13.9. The topological polar surface area (TPSA) is 18.5 Å². The van der Waals surface area contributed by atoms with Gasteiger partial charge in [-0.3, -0.25) is 0 Å². The molecule has 0 atom stereocenters. The van der Waals surface area contributed by atoms with E-state index in [1.54, 1.807) is 11.3 Å². The van der Waals surface area contributed by atoms with Crippen LogP contribution in [0.1, 0.15) is 11.1 Å². The Kier molecular flexibility index (Phi) is 2.10. The summed E-state index contributed by atoms with van der Waals surface area (Å²) in [6, 6.07) is 8.21. The standard InChI is InChI=1S/C12H10O2S/c1-2-4-10-6-14-12-8-15-7-11(12)13-5-9(10)3-1/h1-4,7-8H,5-6H2. The summed E-state index contributed by atoms with van der Waals surface area (Å²) in [6.45, 7) is 1.26. The molecule has 3 heteroatoms. The zero-order valence-corrected chi connectivity index (χ0v) is 8.92. The van der Waals surface area contributed by atoms with Gasteiger partial charge in [0.25, 0.3) is 0 Å². The van der Waals surface area contributed by atoms with Crippen LogP contribution in [0.5, 0.6) is 11.5 Å². The molecular formula is C12H10O2S. The van der Waals surface area contributed by atoms with Gasteiger partial charge in [0.05, 0.1) is 0 Å². The van der Waals surface area contributed by atoms with Gasteiger partial charge in [0.2, 0.25) is 0 Å². The quantitative estimate of drug-likeness (QED) is 0.676. The van der Waals surface area contributed by atoms with Gasteiger partial charge in [-0.25, -0.2) is 0 Å². The van der Waals surface area contributed by atoms with Crippen molar-refractivity contribution >= 4 is 11.3 Å². The number of fused-ring (bicyclic) bond motifs is 2. The Morgan fingerprint density at radius 3 is 1.93 bits per heavy atom. The molecule has 76 valence electrons. The number of hydrogen-bond acceptors (Lipinski definition) is 3. The molecule has 2 nitrogen and oxygen atoms in total.